The van der Waals surface area contributed by atoms with E-state index in [-0.39, 0.29) is 17.7 Å². The predicted molar refractivity (Wildman–Crippen MR) is 61.0 cm³/mol. The summed E-state index contributed by atoms with van der Waals surface area (Å²) in [4.78, 5) is 0. The van der Waals surface area contributed by atoms with Crippen LogP contribution in [-0.2, 0) is 15.5 Å². The molecule has 0 spiro atoms. The summed E-state index contributed by atoms with van der Waals surface area (Å²) in [6.07, 6.45) is 0.0360. The van der Waals surface area contributed by atoms with Crippen LogP contribution in [0.1, 0.15) is 11.1 Å². The van der Waals surface area contributed by atoms with Crippen LogP contribution < -0.4 is 4.74 Å². The molecule has 0 aliphatic heterocycles. The molecule has 0 bridgehead atoms. The molecule has 0 saturated carbocycles. The van der Waals surface area contributed by atoms with Crippen molar-refractivity contribution in [2.24, 2.45) is 0 Å². The van der Waals surface area contributed by atoms with Crippen molar-refractivity contribution >= 4 is 19.7 Å². The first-order valence-corrected chi connectivity index (χ1v) is 7.06. The van der Waals surface area contributed by atoms with Crippen molar-refractivity contribution in [3.05, 3.63) is 29.1 Å². The summed E-state index contributed by atoms with van der Waals surface area (Å²) >= 11 is 0. The fourth-order valence-corrected chi connectivity index (χ4v) is 2.03. The third-order valence-electron chi connectivity index (χ3n) is 2.18. The number of aryl methyl sites for hydroxylation is 2. The Bertz CT molecular complexity index is 485. The van der Waals surface area contributed by atoms with Gasteiger partial charge in [0.1, 0.15) is 11.6 Å². The van der Waals surface area contributed by atoms with E-state index in [9.17, 15) is 12.8 Å². The van der Waals surface area contributed by atoms with Crippen LogP contribution in [0.2, 0.25) is 0 Å². The molecule has 6 heteroatoms. The lowest BCUT2D eigenvalue weighted by Gasteiger charge is -2.08. The monoisotopic (exact) mass is 266 g/mol. The van der Waals surface area contributed by atoms with E-state index in [1.807, 2.05) is 0 Å². The van der Waals surface area contributed by atoms with Crippen LogP contribution in [0.25, 0.3) is 0 Å². The van der Waals surface area contributed by atoms with E-state index >= 15 is 0 Å². The van der Waals surface area contributed by atoms with Gasteiger partial charge in [-0.1, -0.05) is 0 Å². The molecule has 1 rings (SSSR count). The van der Waals surface area contributed by atoms with E-state index in [0.717, 1.165) is 0 Å². The summed E-state index contributed by atoms with van der Waals surface area (Å²) in [6.45, 7) is 1.71. The quantitative estimate of drug-likeness (QED) is 0.785. The van der Waals surface area contributed by atoms with Gasteiger partial charge in [-0.05, 0) is 36.6 Å². The number of rotatable bonds is 4. The zero-order chi connectivity index (χ0) is 12.3. The second kappa shape index (κ2) is 5.01. The highest BCUT2D eigenvalue weighted by Gasteiger charge is 2.11. The summed E-state index contributed by atoms with van der Waals surface area (Å²) < 4.78 is 40.0. The molecule has 0 aromatic heterocycles. The maximum absolute atomic E-state index is 13.4. The number of benzene rings is 1. The highest BCUT2D eigenvalue weighted by molar-refractivity contribution is 8.13. The summed E-state index contributed by atoms with van der Waals surface area (Å²) in [5.41, 5.74) is 0.948. The molecule has 0 saturated heterocycles. The van der Waals surface area contributed by atoms with Gasteiger partial charge in [0, 0.05) is 10.7 Å². The Hall–Kier alpha value is -0.810. The van der Waals surface area contributed by atoms with E-state index in [0.29, 0.717) is 11.3 Å². The maximum atomic E-state index is 13.4. The van der Waals surface area contributed by atoms with Gasteiger partial charge in [-0.25, -0.2) is 12.8 Å². The van der Waals surface area contributed by atoms with E-state index < -0.39 is 14.9 Å². The van der Waals surface area contributed by atoms with Crippen LogP contribution in [0.5, 0.6) is 5.75 Å². The first-order chi connectivity index (χ1) is 7.33. The number of ether oxygens (including phenoxy) is 1. The van der Waals surface area contributed by atoms with Gasteiger partial charge in [0.2, 0.25) is 9.05 Å². The maximum Gasteiger partial charge on any atom is 0.232 e. The summed E-state index contributed by atoms with van der Waals surface area (Å²) in [7, 11) is 2.93. The van der Waals surface area contributed by atoms with Gasteiger partial charge in [-0.3, -0.25) is 0 Å². The van der Waals surface area contributed by atoms with Gasteiger partial charge in [-0.2, -0.15) is 0 Å². The average molecular weight is 267 g/mol. The molecule has 1 aromatic rings. The molecule has 0 heterocycles. The molecule has 1 aromatic carbocycles. The van der Waals surface area contributed by atoms with Crippen LogP contribution in [0.15, 0.2) is 12.1 Å². The molecular formula is C10H12ClFO3S. The first kappa shape index (κ1) is 13.3. The van der Waals surface area contributed by atoms with E-state index in [2.05, 4.69) is 0 Å². The molecule has 0 atom stereocenters. The topological polar surface area (TPSA) is 43.4 Å². The lowest BCUT2D eigenvalue weighted by molar-refractivity contribution is 0.409. The first-order valence-electron chi connectivity index (χ1n) is 4.59. The van der Waals surface area contributed by atoms with Gasteiger partial charge in [0.15, 0.2) is 0 Å². The van der Waals surface area contributed by atoms with Crippen LogP contribution in [0.3, 0.4) is 0 Å². The lowest BCUT2D eigenvalue weighted by Crippen LogP contribution is -2.04. The normalized spacial score (nSPS) is 11.5. The highest BCUT2D eigenvalue weighted by atomic mass is 35.7. The van der Waals surface area contributed by atoms with Crippen molar-refractivity contribution in [3.8, 4) is 5.75 Å². The second-order valence-corrected chi connectivity index (χ2v) is 6.30. The standard InChI is InChI=1S/C10H12ClFO3S/c1-7-5-9(12)8(6-10(7)15-2)3-4-16(11,13)14/h5-6H,3-4H2,1-2H3. The molecular weight excluding hydrogens is 255 g/mol. The zero-order valence-electron chi connectivity index (χ0n) is 8.96. The number of methoxy groups -OCH3 is 1. The minimum Gasteiger partial charge on any atom is -0.496 e. The van der Waals surface area contributed by atoms with Crippen LogP contribution in [-0.4, -0.2) is 21.3 Å². The molecule has 0 unspecified atom stereocenters. The third-order valence-corrected chi connectivity index (χ3v) is 3.33. The number of halogens is 2. The molecule has 0 amide bonds. The minimum absolute atomic E-state index is 0.0360. The van der Waals surface area contributed by atoms with Crippen molar-refractivity contribution in [2.45, 2.75) is 13.3 Å². The lowest BCUT2D eigenvalue weighted by atomic mass is 10.1. The molecule has 0 N–H and O–H groups in total. The molecule has 90 valence electrons. The van der Waals surface area contributed by atoms with Gasteiger partial charge >= 0.3 is 0 Å². The fourth-order valence-electron chi connectivity index (χ4n) is 1.34. The minimum atomic E-state index is -3.60. The molecule has 0 aliphatic rings. The summed E-state index contributed by atoms with van der Waals surface area (Å²) in [6, 6.07) is 2.81. The summed E-state index contributed by atoms with van der Waals surface area (Å²) in [5, 5.41) is 0. The van der Waals surface area contributed by atoms with E-state index in [1.165, 1.54) is 19.2 Å². The largest absolute Gasteiger partial charge is 0.496 e. The number of hydrogen-bond donors (Lipinski definition) is 0. The van der Waals surface area contributed by atoms with E-state index in [4.69, 9.17) is 15.4 Å². The zero-order valence-corrected chi connectivity index (χ0v) is 10.5. The molecule has 16 heavy (non-hydrogen) atoms. The van der Waals surface area contributed by atoms with Crippen LogP contribution >= 0.6 is 10.7 Å². The SMILES string of the molecule is COc1cc(CCS(=O)(=O)Cl)c(F)cc1C. The van der Waals surface area contributed by atoms with Crippen LogP contribution in [0, 0.1) is 12.7 Å². The number of hydrogen-bond acceptors (Lipinski definition) is 3. The third kappa shape index (κ3) is 3.64. The van der Waals surface area contributed by atoms with Crippen molar-refractivity contribution in [3.63, 3.8) is 0 Å². The second-order valence-electron chi connectivity index (χ2n) is 3.41. The Morgan fingerprint density at radius 3 is 2.56 bits per heavy atom. The molecule has 0 fully saturated rings. The fraction of sp³-hybridized carbons (Fsp3) is 0.400. The van der Waals surface area contributed by atoms with E-state index in [1.54, 1.807) is 6.92 Å². The molecule has 0 aliphatic carbocycles. The highest BCUT2D eigenvalue weighted by Crippen LogP contribution is 2.22. The van der Waals surface area contributed by atoms with Crippen molar-refractivity contribution in [1.82, 2.24) is 0 Å². The summed E-state index contributed by atoms with van der Waals surface area (Å²) in [5.74, 6) is -0.209. The average Bonchev–Trinajstić information content (AvgIpc) is 2.15. The Morgan fingerprint density at radius 1 is 1.44 bits per heavy atom. The van der Waals surface area contributed by atoms with Gasteiger partial charge < -0.3 is 4.74 Å². The Morgan fingerprint density at radius 2 is 2.06 bits per heavy atom. The van der Waals surface area contributed by atoms with Gasteiger partial charge in [0.05, 0.1) is 12.9 Å². The Labute approximate surface area is 98.6 Å². The Balaban J connectivity index is 2.96. The van der Waals surface area contributed by atoms with Crippen molar-refractivity contribution in [2.75, 3.05) is 12.9 Å². The molecule has 0 radical (unpaired) electrons. The Kier molecular flexibility index (Phi) is 4.15. The van der Waals surface area contributed by atoms with Gasteiger partial charge in [0.25, 0.3) is 0 Å². The smallest absolute Gasteiger partial charge is 0.232 e. The molecule has 3 nitrogen and oxygen atoms in total. The predicted octanol–water partition coefficient (Wildman–Crippen LogP) is 2.25. The van der Waals surface area contributed by atoms with Crippen LogP contribution in [0.4, 0.5) is 4.39 Å². The van der Waals surface area contributed by atoms with Crippen molar-refractivity contribution < 1.29 is 17.5 Å². The van der Waals surface area contributed by atoms with Crippen molar-refractivity contribution in [1.29, 1.82) is 0 Å². The van der Waals surface area contributed by atoms with Gasteiger partial charge in [-0.15, -0.1) is 0 Å².